The SMILES string of the molecule is CCC/C=C\C/C=C\CCCCCCCC(=O)OC(COC(=O)CCCCCCC/C=C\CCCCCCCCC)COP(=O)(O)OCC. The van der Waals surface area contributed by atoms with Crippen LogP contribution in [0.5, 0.6) is 0 Å². The molecule has 0 spiro atoms. The maximum atomic E-state index is 12.5. The summed E-state index contributed by atoms with van der Waals surface area (Å²) in [6, 6.07) is 0. The fourth-order valence-electron chi connectivity index (χ4n) is 5.25. The van der Waals surface area contributed by atoms with Gasteiger partial charge in [0.05, 0.1) is 13.2 Å². The highest BCUT2D eigenvalue weighted by Crippen LogP contribution is 2.43. The zero-order valence-electron chi connectivity index (χ0n) is 31.6. The second-order valence-corrected chi connectivity index (χ2v) is 14.4. The van der Waals surface area contributed by atoms with Crippen LogP contribution >= 0.6 is 7.82 Å². The Morgan fingerprint density at radius 2 is 1.02 bits per heavy atom. The molecule has 1 N–H and O–H groups in total. The first-order chi connectivity index (χ1) is 23.8. The van der Waals surface area contributed by atoms with Crippen molar-refractivity contribution in [2.24, 2.45) is 0 Å². The topological polar surface area (TPSA) is 108 Å². The van der Waals surface area contributed by atoms with Gasteiger partial charge in [-0.3, -0.25) is 18.6 Å². The molecule has 286 valence electrons. The molecule has 0 aromatic heterocycles. The average Bonchev–Trinajstić information content (AvgIpc) is 3.07. The second kappa shape index (κ2) is 36.1. The zero-order chi connectivity index (χ0) is 36.1. The number of rotatable bonds is 36. The van der Waals surface area contributed by atoms with E-state index >= 15 is 0 Å². The van der Waals surface area contributed by atoms with Crippen LogP contribution in [0.4, 0.5) is 0 Å². The van der Waals surface area contributed by atoms with Crippen LogP contribution < -0.4 is 0 Å². The minimum absolute atomic E-state index is 0.00406. The Morgan fingerprint density at radius 3 is 1.55 bits per heavy atom. The van der Waals surface area contributed by atoms with Crippen molar-refractivity contribution < 1.29 is 37.6 Å². The molecule has 0 fully saturated rings. The molecular formula is C40H73O8P. The summed E-state index contributed by atoms with van der Waals surface area (Å²) in [5.41, 5.74) is 0. The van der Waals surface area contributed by atoms with Gasteiger partial charge in [0, 0.05) is 12.8 Å². The summed E-state index contributed by atoms with van der Waals surface area (Å²) in [7, 11) is -4.28. The Kier molecular flexibility index (Phi) is 34.8. The summed E-state index contributed by atoms with van der Waals surface area (Å²) in [5.74, 6) is -0.824. The van der Waals surface area contributed by atoms with Crippen LogP contribution in [0.15, 0.2) is 36.5 Å². The predicted octanol–water partition coefficient (Wildman–Crippen LogP) is 12.1. The first-order valence-electron chi connectivity index (χ1n) is 19.8. The average molecular weight is 713 g/mol. The van der Waals surface area contributed by atoms with E-state index < -0.39 is 26.5 Å². The molecule has 8 nitrogen and oxygen atoms in total. The first kappa shape index (κ1) is 47.3. The largest absolute Gasteiger partial charge is 0.472 e. The van der Waals surface area contributed by atoms with Crippen LogP contribution in [-0.2, 0) is 32.7 Å². The van der Waals surface area contributed by atoms with E-state index in [9.17, 15) is 19.0 Å². The molecular weight excluding hydrogens is 639 g/mol. The van der Waals surface area contributed by atoms with Crippen LogP contribution in [0.1, 0.15) is 181 Å². The first-order valence-corrected chi connectivity index (χ1v) is 21.3. The molecule has 0 radical (unpaired) electrons. The summed E-state index contributed by atoms with van der Waals surface area (Å²) in [4.78, 5) is 34.6. The third-order valence-corrected chi connectivity index (χ3v) is 9.21. The van der Waals surface area contributed by atoms with Gasteiger partial charge in [-0.1, -0.05) is 134 Å². The van der Waals surface area contributed by atoms with Crippen molar-refractivity contribution in [2.45, 2.75) is 187 Å². The fraction of sp³-hybridized carbons (Fsp3) is 0.800. The number of unbranched alkanes of at least 4 members (excludes halogenated alkanes) is 18. The van der Waals surface area contributed by atoms with Gasteiger partial charge in [0.25, 0.3) is 0 Å². The number of carbonyl (C=O) groups excluding carboxylic acids is 2. The van der Waals surface area contributed by atoms with E-state index in [4.69, 9.17) is 18.5 Å². The number of phosphoric ester groups is 1. The van der Waals surface area contributed by atoms with Gasteiger partial charge >= 0.3 is 19.8 Å². The minimum atomic E-state index is -4.28. The van der Waals surface area contributed by atoms with E-state index in [1.807, 2.05) is 0 Å². The molecule has 0 heterocycles. The molecule has 0 aliphatic heterocycles. The summed E-state index contributed by atoms with van der Waals surface area (Å²) in [6.07, 6.45) is 39.1. The lowest BCUT2D eigenvalue weighted by molar-refractivity contribution is -0.161. The maximum absolute atomic E-state index is 12.5. The van der Waals surface area contributed by atoms with Crippen LogP contribution in [-0.4, -0.2) is 42.8 Å². The lowest BCUT2D eigenvalue weighted by atomic mass is 10.1. The van der Waals surface area contributed by atoms with Gasteiger partial charge in [0.15, 0.2) is 6.10 Å². The molecule has 0 aliphatic rings. The van der Waals surface area contributed by atoms with Crippen molar-refractivity contribution >= 4 is 19.8 Å². The van der Waals surface area contributed by atoms with E-state index in [1.54, 1.807) is 6.92 Å². The number of ether oxygens (including phenoxy) is 2. The maximum Gasteiger partial charge on any atom is 0.472 e. The quantitative estimate of drug-likeness (QED) is 0.0296. The van der Waals surface area contributed by atoms with E-state index in [2.05, 4.69) is 50.3 Å². The van der Waals surface area contributed by atoms with E-state index in [-0.39, 0.29) is 32.0 Å². The van der Waals surface area contributed by atoms with Crippen LogP contribution in [0.3, 0.4) is 0 Å². The monoisotopic (exact) mass is 713 g/mol. The van der Waals surface area contributed by atoms with Gasteiger partial charge in [0.1, 0.15) is 6.61 Å². The Morgan fingerprint density at radius 1 is 0.551 bits per heavy atom. The smallest absolute Gasteiger partial charge is 0.462 e. The van der Waals surface area contributed by atoms with Crippen molar-refractivity contribution in [1.29, 1.82) is 0 Å². The van der Waals surface area contributed by atoms with Crippen molar-refractivity contribution in [3.63, 3.8) is 0 Å². The number of allylic oxidation sites excluding steroid dienone is 6. The normalized spacial score (nSPS) is 13.8. The molecule has 0 bridgehead atoms. The third-order valence-electron chi connectivity index (χ3n) is 8.15. The fourth-order valence-corrected chi connectivity index (χ4v) is 6.00. The highest BCUT2D eigenvalue weighted by atomic mass is 31.2. The van der Waals surface area contributed by atoms with E-state index in [0.29, 0.717) is 6.42 Å². The number of esters is 2. The lowest BCUT2D eigenvalue weighted by Crippen LogP contribution is -2.29. The molecule has 0 rings (SSSR count). The zero-order valence-corrected chi connectivity index (χ0v) is 32.5. The summed E-state index contributed by atoms with van der Waals surface area (Å²) < 4.78 is 32.5. The molecule has 49 heavy (non-hydrogen) atoms. The van der Waals surface area contributed by atoms with Gasteiger partial charge in [-0.2, -0.15) is 0 Å². The summed E-state index contributed by atoms with van der Waals surface area (Å²) in [5, 5.41) is 0. The van der Waals surface area contributed by atoms with Crippen molar-refractivity contribution in [3.05, 3.63) is 36.5 Å². The van der Waals surface area contributed by atoms with Crippen molar-refractivity contribution in [1.82, 2.24) is 0 Å². The van der Waals surface area contributed by atoms with Gasteiger partial charge in [-0.05, 0) is 71.1 Å². The van der Waals surface area contributed by atoms with Gasteiger partial charge < -0.3 is 14.4 Å². The molecule has 0 saturated carbocycles. The molecule has 2 atom stereocenters. The second-order valence-electron chi connectivity index (χ2n) is 12.9. The third kappa shape index (κ3) is 35.9. The number of hydrogen-bond acceptors (Lipinski definition) is 7. The van der Waals surface area contributed by atoms with Crippen LogP contribution in [0.2, 0.25) is 0 Å². The molecule has 0 amide bonds. The molecule has 0 aliphatic carbocycles. The number of phosphoric acid groups is 1. The van der Waals surface area contributed by atoms with Gasteiger partial charge in [-0.15, -0.1) is 0 Å². The van der Waals surface area contributed by atoms with Crippen molar-refractivity contribution in [3.8, 4) is 0 Å². The highest BCUT2D eigenvalue weighted by molar-refractivity contribution is 7.47. The predicted molar refractivity (Wildman–Crippen MR) is 202 cm³/mol. The Labute approximate surface area is 300 Å². The molecule has 2 unspecified atom stereocenters. The summed E-state index contributed by atoms with van der Waals surface area (Å²) in [6.45, 7) is 5.37. The van der Waals surface area contributed by atoms with Gasteiger partial charge in [-0.25, -0.2) is 4.57 Å². The number of hydrogen-bond donors (Lipinski definition) is 1. The minimum Gasteiger partial charge on any atom is -0.462 e. The Balaban J connectivity index is 4.15. The molecule has 9 heteroatoms. The van der Waals surface area contributed by atoms with E-state index in [0.717, 1.165) is 83.5 Å². The lowest BCUT2D eigenvalue weighted by Gasteiger charge is -2.19. The molecule has 0 saturated heterocycles. The van der Waals surface area contributed by atoms with Crippen LogP contribution in [0.25, 0.3) is 0 Å². The molecule has 0 aromatic rings. The van der Waals surface area contributed by atoms with Crippen LogP contribution in [0, 0.1) is 0 Å². The summed E-state index contributed by atoms with van der Waals surface area (Å²) >= 11 is 0. The molecule has 0 aromatic carbocycles. The van der Waals surface area contributed by atoms with Gasteiger partial charge in [0.2, 0.25) is 0 Å². The van der Waals surface area contributed by atoms with Crippen molar-refractivity contribution in [2.75, 3.05) is 19.8 Å². The standard InChI is InChI=1S/C40H73O8P/c1-4-7-9-11-13-15-17-19-20-21-23-24-26-28-30-32-34-39(41)45-36-38(37-47-49(43,44)46-6-3)48-40(42)35-33-31-29-27-25-22-18-16-14-12-10-8-5-2/h10,12,16,18,20-21,38H,4-9,11,13-15,17,19,22-37H2,1-3H3,(H,43,44)/b12-10-,18-16-,21-20-. The Hall–Kier alpha value is -1.73. The Bertz CT molecular complexity index is 901. The highest BCUT2D eigenvalue weighted by Gasteiger charge is 2.25. The number of carbonyl (C=O) groups is 2. The van der Waals surface area contributed by atoms with E-state index in [1.165, 1.54) is 57.8 Å².